The summed E-state index contributed by atoms with van der Waals surface area (Å²) in [5.41, 5.74) is 0.887. The zero-order valence-corrected chi connectivity index (χ0v) is 18.2. The average molecular weight is 427 g/mol. The van der Waals surface area contributed by atoms with E-state index in [2.05, 4.69) is 10.6 Å². The summed E-state index contributed by atoms with van der Waals surface area (Å²) in [5.74, 6) is -0.534. The van der Waals surface area contributed by atoms with Crippen molar-refractivity contribution >= 4 is 17.8 Å². The van der Waals surface area contributed by atoms with Gasteiger partial charge in [-0.15, -0.1) is 0 Å². The van der Waals surface area contributed by atoms with Gasteiger partial charge >= 0.3 is 5.97 Å². The number of allylic oxidation sites excluding steroid dienone is 2. The third-order valence-electron chi connectivity index (χ3n) is 6.13. The van der Waals surface area contributed by atoms with E-state index in [-0.39, 0.29) is 24.8 Å². The molecule has 31 heavy (non-hydrogen) atoms. The van der Waals surface area contributed by atoms with Crippen LogP contribution in [0.15, 0.2) is 42.5 Å². The van der Waals surface area contributed by atoms with Crippen LogP contribution in [-0.4, -0.2) is 30.9 Å². The fourth-order valence-corrected chi connectivity index (χ4v) is 4.26. The van der Waals surface area contributed by atoms with Crippen LogP contribution in [0.4, 0.5) is 0 Å². The molecule has 0 radical (unpaired) electrons. The van der Waals surface area contributed by atoms with Crippen molar-refractivity contribution in [1.29, 1.82) is 0 Å². The number of ether oxygens (including phenoxy) is 1. The Kier molecular flexibility index (Phi) is 9.13. The van der Waals surface area contributed by atoms with Gasteiger partial charge in [-0.05, 0) is 37.2 Å². The van der Waals surface area contributed by atoms with Crippen LogP contribution in [0.2, 0.25) is 0 Å². The normalized spacial score (nSPS) is 24.8. The number of esters is 1. The molecule has 0 saturated heterocycles. The van der Waals surface area contributed by atoms with E-state index in [1.165, 1.54) is 32.1 Å². The summed E-state index contributed by atoms with van der Waals surface area (Å²) < 4.78 is 5.57. The number of hydrogen-bond acceptors (Lipinski definition) is 4. The van der Waals surface area contributed by atoms with E-state index in [4.69, 9.17) is 4.74 Å². The highest BCUT2D eigenvalue weighted by Crippen LogP contribution is 2.23. The highest BCUT2D eigenvalue weighted by atomic mass is 16.5. The molecule has 6 heteroatoms. The molecule has 2 aliphatic rings. The zero-order valence-electron chi connectivity index (χ0n) is 18.2. The average Bonchev–Trinajstić information content (AvgIpc) is 2.79. The first kappa shape index (κ1) is 23.0. The minimum absolute atomic E-state index is 0.0541. The van der Waals surface area contributed by atoms with Crippen molar-refractivity contribution in [3.63, 3.8) is 0 Å². The van der Waals surface area contributed by atoms with E-state index in [1.807, 2.05) is 42.5 Å². The van der Waals surface area contributed by atoms with Gasteiger partial charge in [0.1, 0.15) is 6.61 Å². The molecule has 0 bridgehead atoms. The molecule has 1 heterocycles. The molecular weight excluding hydrogens is 392 g/mol. The molecule has 0 spiro atoms. The molecule has 1 aromatic rings. The molecule has 6 nitrogen and oxygen atoms in total. The lowest BCUT2D eigenvalue weighted by Gasteiger charge is -2.23. The van der Waals surface area contributed by atoms with E-state index >= 15 is 0 Å². The summed E-state index contributed by atoms with van der Waals surface area (Å²) in [6.45, 7) is 0.747. The minimum Gasteiger partial charge on any atom is -0.463 e. The highest BCUT2D eigenvalue weighted by molar-refractivity contribution is 5.83. The fraction of sp³-hybridized carbons (Fsp3) is 0.560. The van der Waals surface area contributed by atoms with Crippen LogP contribution in [-0.2, 0) is 19.1 Å². The van der Waals surface area contributed by atoms with Gasteiger partial charge in [0.05, 0.1) is 12.0 Å². The van der Waals surface area contributed by atoms with Crippen molar-refractivity contribution in [3.05, 3.63) is 48.0 Å². The van der Waals surface area contributed by atoms with Gasteiger partial charge in [0, 0.05) is 19.4 Å². The molecule has 1 saturated carbocycles. The predicted molar refractivity (Wildman–Crippen MR) is 119 cm³/mol. The van der Waals surface area contributed by atoms with Crippen LogP contribution < -0.4 is 10.6 Å². The summed E-state index contributed by atoms with van der Waals surface area (Å²) in [7, 11) is 0. The summed E-state index contributed by atoms with van der Waals surface area (Å²) in [6.07, 6.45) is 11.4. The van der Waals surface area contributed by atoms with E-state index in [9.17, 15) is 14.4 Å². The first-order valence-electron chi connectivity index (χ1n) is 11.5. The number of carbonyl (C=O) groups is 3. The third-order valence-corrected chi connectivity index (χ3v) is 6.13. The Labute approximate surface area is 184 Å². The fourth-order valence-electron chi connectivity index (χ4n) is 4.26. The standard InChI is InChI=1S/C25H34N2O4/c28-23-15-9-3-8-14-21(16-24(29)26-17-19-10-4-1-5-11-19)25(30)31-18-22(27-23)20-12-6-2-7-13-20/h2-3,6-8,12-13,19,21-22H,1,4-5,9-11,14-18H2,(H,26,29)(H,27,28)/b8-3+/t21-,22?/m0/s1. The van der Waals surface area contributed by atoms with E-state index in [1.54, 1.807) is 0 Å². The monoisotopic (exact) mass is 426 g/mol. The van der Waals surface area contributed by atoms with Gasteiger partial charge in [-0.2, -0.15) is 0 Å². The smallest absolute Gasteiger partial charge is 0.309 e. The van der Waals surface area contributed by atoms with E-state index < -0.39 is 17.9 Å². The Morgan fingerprint density at radius 3 is 2.61 bits per heavy atom. The van der Waals surface area contributed by atoms with E-state index in [0.29, 0.717) is 31.7 Å². The number of carbonyl (C=O) groups excluding carboxylic acids is 3. The van der Waals surface area contributed by atoms with Gasteiger partial charge in [0.15, 0.2) is 0 Å². The maximum absolute atomic E-state index is 12.8. The molecule has 0 aromatic heterocycles. The largest absolute Gasteiger partial charge is 0.463 e. The van der Waals surface area contributed by atoms with Gasteiger partial charge in [-0.3, -0.25) is 14.4 Å². The van der Waals surface area contributed by atoms with Crippen molar-refractivity contribution in [3.8, 4) is 0 Å². The van der Waals surface area contributed by atoms with E-state index in [0.717, 1.165) is 5.56 Å². The van der Waals surface area contributed by atoms with Gasteiger partial charge in [-0.25, -0.2) is 0 Å². The topological polar surface area (TPSA) is 84.5 Å². The Morgan fingerprint density at radius 2 is 1.84 bits per heavy atom. The Morgan fingerprint density at radius 1 is 1.06 bits per heavy atom. The molecule has 1 unspecified atom stereocenters. The van der Waals surface area contributed by atoms with Crippen LogP contribution >= 0.6 is 0 Å². The summed E-state index contributed by atoms with van der Waals surface area (Å²) in [5, 5.41) is 5.97. The summed E-state index contributed by atoms with van der Waals surface area (Å²) in [4.78, 5) is 37.5. The van der Waals surface area contributed by atoms with Gasteiger partial charge < -0.3 is 15.4 Å². The van der Waals surface area contributed by atoms with Crippen LogP contribution in [0.25, 0.3) is 0 Å². The maximum Gasteiger partial charge on any atom is 0.309 e. The molecule has 1 fully saturated rings. The second-order valence-electron chi connectivity index (χ2n) is 8.62. The van der Waals surface area contributed by atoms with Crippen molar-refractivity contribution in [1.82, 2.24) is 10.6 Å². The van der Waals surface area contributed by atoms with Crippen molar-refractivity contribution in [2.24, 2.45) is 11.8 Å². The molecule has 2 N–H and O–H groups in total. The zero-order chi connectivity index (χ0) is 21.9. The third kappa shape index (κ3) is 7.85. The number of cyclic esters (lactones) is 1. The number of benzene rings is 1. The molecule has 168 valence electrons. The van der Waals surface area contributed by atoms with Gasteiger partial charge in [0.25, 0.3) is 0 Å². The summed E-state index contributed by atoms with van der Waals surface area (Å²) >= 11 is 0. The lowest BCUT2D eigenvalue weighted by molar-refractivity contribution is -0.151. The van der Waals surface area contributed by atoms with Crippen LogP contribution in [0.1, 0.15) is 69.4 Å². The number of rotatable bonds is 5. The molecule has 1 aromatic carbocycles. The molecule has 3 rings (SSSR count). The van der Waals surface area contributed by atoms with Crippen molar-refractivity contribution in [2.75, 3.05) is 13.2 Å². The first-order chi connectivity index (χ1) is 15.1. The van der Waals surface area contributed by atoms with Crippen molar-refractivity contribution in [2.45, 2.75) is 63.8 Å². The Hall–Kier alpha value is -2.63. The second kappa shape index (κ2) is 12.3. The van der Waals surface area contributed by atoms with Crippen LogP contribution in [0.3, 0.4) is 0 Å². The Bertz CT molecular complexity index is 756. The predicted octanol–water partition coefficient (Wildman–Crippen LogP) is 3.83. The SMILES string of the molecule is O=C(C[C@@H]1C/C=C/CCC(=O)NC(c2ccccc2)COC1=O)NCC1CCCCC1. The first-order valence-corrected chi connectivity index (χ1v) is 11.5. The molecule has 1 aliphatic carbocycles. The second-order valence-corrected chi connectivity index (χ2v) is 8.62. The molecule has 1 aliphatic heterocycles. The minimum atomic E-state index is -0.519. The number of nitrogens with one attached hydrogen (secondary N) is 2. The lowest BCUT2D eigenvalue weighted by atomic mass is 9.89. The summed E-state index contributed by atoms with van der Waals surface area (Å²) in [6, 6.07) is 9.09. The molecule has 2 amide bonds. The molecular formula is C25H34N2O4. The highest BCUT2D eigenvalue weighted by Gasteiger charge is 2.25. The van der Waals surface area contributed by atoms with Crippen molar-refractivity contribution < 1.29 is 19.1 Å². The quantitative estimate of drug-likeness (QED) is 0.554. The Balaban J connectivity index is 1.59. The number of hydrogen-bond donors (Lipinski definition) is 2. The maximum atomic E-state index is 12.8. The van der Waals surface area contributed by atoms with Crippen LogP contribution in [0.5, 0.6) is 0 Å². The lowest BCUT2D eigenvalue weighted by Crippen LogP contribution is -2.35. The van der Waals surface area contributed by atoms with Gasteiger partial charge in [-0.1, -0.05) is 61.7 Å². The number of amides is 2. The van der Waals surface area contributed by atoms with Crippen LogP contribution in [0, 0.1) is 11.8 Å². The molecule has 2 atom stereocenters. The van der Waals surface area contributed by atoms with Gasteiger partial charge in [0.2, 0.25) is 11.8 Å².